The molecule has 13 heteroatoms. The third kappa shape index (κ3) is 13.2. The van der Waals surface area contributed by atoms with E-state index in [0.29, 0.717) is 121 Å². The lowest BCUT2D eigenvalue weighted by Crippen LogP contribution is -2.15. The highest BCUT2D eigenvalue weighted by Gasteiger charge is 2.15. The van der Waals surface area contributed by atoms with Gasteiger partial charge in [-0.1, -0.05) is 0 Å². The molecule has 1 aromatic heterocycles. The molecule has 3 aromatic rings. The third-order valence-electron chi connectivity index (χ3n) is 6.87. The molecule has 0 fully saturated rings. The van der Waals surface area contributed by atoms with Crippen LogP contribution >= 0.6 is 0 Å². The summed E-state index contributed by atoms with van der Waals surface area (Å²) in [6.45, 7) is 11.4. The molecule has 0 spiro atoms. The van der Waals surface area contributed by atoms with Gasteiger partial charge in [-0.05, 0) is 44.0 Å². The number of carbonyl (C=O) groups excluding carboxylic acids is 1. The number of fused-ring (bicyclic) bond motifs is 1. The Balaban J connectivity index is 1.25. The first kappa shape index (κ1) is 37.9. The van der Waals surface area contributed by atoms with Crippen molar-refractivity contribution in [2.75, 3.05) is 100 Å². The molecule has 47 heavy (non-hydrogen) atoms. The fourth-order valence-corrected chi connectivity index (χ4v) is 4.56. The van der Waals surface area contributed by atoms with E-state index in [-0.39, 0.29) is 11.3 Å². The van der Waals surface area contributed by atoms with Gasteiger partial charge in [0, 0.05) is 24.1 Å². The van der Waals surface area contributed by atoms with Crippen molar-refractivity contribution in [3.05, 3.63) is 45.7 Å². The minimum Gasteiger partial charge on any atom is -0.497 e. The lowest BCUT2D eigenvalue weighted by atomic mass is 10.0. The van der Waals surface area contributed by atoms with Gasteiger partial charge in [0.2, 0.25) is 0 Å². The molecule has 0 aliphatic rings. The first-order chi connectivity index (χ1) is 22.8. The summed E-state index contributed by atoms with van der Waals surface area (Å²) in [5, 5.41) is 0.367. The number of Topliss-reactive ketones (excluding diaryl/α,β-unsaturated/α-hetero) is 1. The van der Waals surface area contributed by atoms with Crippen LogP contribution in [0.5, 0.6) is 17.2 Å². The van der Waals surface area contributed by atoms with E-state index in [9.17, 15) is 9.59 Å². The van der Waals surface area contributed by atoms with E-state index in [0.717, 1.165) is 22.4 Å². The number of aromatic nitrogens is 2. The molecule has 0 aliphatic carbocycles. The zero-order chi connectivity index (χ0) is 33.9. The SMILES string of the molecule is COc1cc(OC)c2c(=O)[nH]c(-c3cc(C)c(OCCOCCOCCOCCOCCOCCOCCC(C)=O)c(C)c3)nc2c1. The molecular weight excluding hydrogens is 612 g/mol. The number of rotatable bonds is 25. The predicted octanol–water partition coefficient (Wildman–Crippen LogP) is 3.68. The summed E-state index contributed by atoms with van der Waals surface area (Å²) in [6.07, 6.45) is 0.434. The molecule has 2 aromatic carbocycles. The Kier molecular flexibility index (Phi) is 17.2. The van der Waals surface area contributed by atoms with Gasteiger partial charge >= 0.3 is 0 Å². The predicted molar refractivity (Wildman–Crippen MR) is 176 cm³/mol. The highest BCUT2D eigenvalue weighted by molar-refractivity contribution is 5.87. The van der Waals surface area contributed by atoms with Crippen LogP contribution in [-0.2, 0) is 33.2 Å². The fraction of sp³-hybridized carbons (Fsp3) is 0.559. The van der Waals surface area contributed by atoms with E-state index in [1.54, 1.807) is 26.2 Å². The van der Waals surface area contributed by atoms with Gasteiger partial charge in [0.15, 0.2) is 0 Å². The van der Waals surface area contributed by atoms with Crippen LogP contribution in [0.2, 0.25) is 0 Å². The number of aromatic amines is 1. The number of carbonyl (C=O) groups is 1. The van der Waals surface area contributed by atoms with Crippen LogP contribution in [0.1, 0.15) is 24.5 Å². The van der Waals surface area contributed by atoms with Gasteiger partial charge in [-0.2, -0.15) is 0 Å². The summed E-state index contributed by atoms with van der Waals surface area (Å²) in [7, 11) is 3.06. The molecule has 1 heterocycles. The van der Waals surface area contributed by atoms with Gasteiger partial charge in [0.1, 0.15) is 40.8 Å². The Labute approximate surface area is 275 Å². The highest BCUT2D eigenvalue weighted by atomic mass is 16.6. The average Bonchev–Trinajstić information content (AvgIpc) is 3.05. The molecule has 0 saturated heterocycles. The molecule has 0 aliphatic heterocycles. The van der Waals surface area contributed by atoms with E-state index < -0.39 is 0 Å². The maximum atomic E-state index is 12.9. The van der Waals surface area contributed by atoms with Crippen molar-refractivity contribution in [2.45, 2.75) is 27.2 Å². The summed E-state index contributed by atoms with van der Waals surface area (Å²) in [5.41, 5.74) is 2.78. The Morgan fingerprint density at radius 1 is 0.681 bits per heavy atom. The molecule has 0 amide bonds. The van der Waals surface area contributed by atoms with Crippen molar-refractivity contribution in [3.63, 3.8) is 0 Å². The van der Waals surface area contributed by atoms with Crippen LogP contribution in [-0.4, -0.2) is 116 Å². The summed E-state index contributed by atoms with van der Waals surface area (Å²) in [4.78, 5) is 31.3. The number of methoxy groups -OCH3 is 2. The first-order valence-corrected chi connectivity index (χ1v) is 15.7. The van der Waals surface area contributed by atoms with Gasteiger partial charge in [-0.3, -0.25) is 9.59 Å². The van der Waals surface area contributed by atoms with Crippen LogP contribution < -0.4 is 19.8 Å². The summed E-state index contributed by atoms with van der Waals surface area (Å²) in [6, 6.07) is 7.23. The molecule has 3 rings (SSSR count). The van der Waals surface area contributed by atoms with Crippen molar-refractivity contribution in [2.24, 2.45) is 0 Å². The molecule has 260 valence electrons. The van der Waals surface area contributed by atoms with Crippen LogP contribution in [0.15, 0.2) is 29.1 Å². The van der Waals surface area contributed by atoms with Crippen LogP contribution in [0, 0.1) is 13.8 Å². The second-order valence-electron chi connectivity index (χ2n) is 10.6. The Bertz CT molecular complexity index is 1420. The molecule has 0 atom stereocenters. The monoisotopic (exact) mass is 660 g/mol. The van der Waals surface area contributed by atoms with E-state index in [4.69, 9.17) is 42.6 Å². The van der Waals surface area contributed by atoms with Gasteiger partial charge in [-0.25, -0.2) is 4.98 Å². The summed E-state index contributed by atoms with van der Waals surface area (Å²) >= 11 is 0. The summed E-state index contributed by atoms with van der Waals surface area (Å²) < 4.78 is 49.5. The van der Waals surface area contributed by atoms with Gasteiger partial charge in [-0.15, -0.1) is 0 Å². The highest BCUT2D eigenvalue weighted by Crippen LogP contribution is 2.31. The van der Waals surface area contributed by atoms with Gasteiger partial charge < -0.3 is 47.6 Å². The average molecular weight is 661 g/mol. The quantitative estimate of drug-likeness (QED) is 0.132. The number of hydrogen-bond acceptors (Lipinski definition) is 12. The molecule has 1 N–H and O–H groups in total. The van der Waals surface area contributed by atoms with Crippen LogP contribution in [0.4, 0.5) is 0 Å². The van der Waals surface area contributed by atoms with E-state index in [1.165, 1.54) is 7.11 Å². The van der Waals surface area contributed by atoms with Crippen molar-refractivity contribution >= 4 is 16.7 Å². The third-order valence-corrected chi connectivity index (χ3v) is 6.87. The number of nitrogens with zero attached hydrogens (tertiary/aromatic N) is 1. The van der Waals surface area contributed by atoms with E-state index in [2.05, 4.69) is 9.97 Å². The van der Waals surface area contributed by atoms with Gasteiger partial charge in [0.05, 0.1) is 99.0 Å². The molecular formula is C34H48N2O11. The largest absolute Gasteiger partial charge is 0.497 e. The maximum absolute atomic E-state index is 12.9. The van der Waals surface area contributed by atoms with E-state index >= 15 is 0 Å². The number of benzene rings is 2. The smallest absolute Gasteiger partial charge is 0.262 e. The topological polar surface area (TPSA) is 146 Å². The second-order valence-corrected chi connectivity index (χ2v) is 10.6. The zero-order valence-electron chi connectivity index (χ0n) is 28.1. The number of aryl methyl sites for hydroxylation is 2. The Hall–Kier alpha value is -3.59. The number of hydrogen-bond donors (Lipinski definition) is 1. The minimum absolute atomic E-state index is 0.119. The van der Waals surface area contributed by atoms with Crippen LogP contribution in [0.3, 0.4) is 0 Å². The maximum Gasteiger partial charge on any atom is 0.262 e. The van der Waals surface area contributed by atoms with Gasteiger partial charge in [0.25, 0.3) is 5.56 Å². The van der Waals surface area contributed by atoms with E-state index in [1.807, 2.05) is 26.0 Å². The Morgan fingerprint density at radius 2 is 1.17 bits per heavy atom. The standard InChI is InChI=1S/C34H48N2O11/c1-24-20-27(33-35-29-22-28(39-4)23-30(40-5)31(29)34(38)36-33)21-25(2)32(24)47-19-18-46-17-16-45-15-14-44-13-12-43-11-10-42-9-8-41-7-6-26(3)37/h20-23H,6-19H2,1-5H3,(H,35,36,38). The molecule has 0 saturated carbocycles. The fourth-order valence-electron chi connectivity index (χ4n) is 4.56. The number of ether oxygens (including phenoxy) is 9. The number of nitrogens with one attached hydrogen (secondary N) is 1. The lowest BCUT2D eigenvalue weighted by Gasteiger charge is -2.15. The number of H-pyrrole nitrogens is 1. The first-order valence-electron chi connectivity index (χ1n) is 15.7. The number of ketones is 1. The second kappa shape index (κ2) is 21.3. The van der Waals surface area contributed by atoms with Crippen molar-refractivity contribution < 1.29 is 47.4 Å². The van der Waals surface area contributed by atoms with Crippen molar-refractivity contribution in [3.8, 4) is 28.6 Å². The zero-order valence-corrected chi connectivity index (χ0v) is 28.1. The van der Waals surface area contributed by atoms with Crippen LogP contribution in [0.25, 0.3) is 22.3 Å². The molecule has 0 radical (unpaired) electrons. The lowest BCUT2D eigenvalue weighted by molar-refractivity contribution is -0.118. The minimum atomic E-state index is -0.293. The van der Waals surface area contributed by atoms with Crippen molar-refractivity contribution in [1.29, 1.82) is 0 Å². The molecule has 13 nitrogen and oxygen atoms in total. The normalized spacial score (nSPS) is 11.3. The molecule has 0 unspecified atom stereocenters. The molecule has 0 bridgehead atoms. The Morgan fingerprint density at radius 3 is 1.64 bits per heavy atom. The summed E-state index contributed by atoms with van der Waals surface area (Å²) in [5.74, 6) is 2.28. The van der Waals surface area contributed by atoms with Crippen molar-refractivity contribution in [1.82, 2.24) is 9.97 Å².